The smallest absolute Gasteiger partial charge is 0.416 e. The largest absolute Gasteiger partial charge is 0.488 e. The van der Waals surface area contributed by atoms with Crippen LogP contribution in [0.25, 0.3) is 0 Å². The van der Waals surface area contributed by atoms with Gasteiger partial charge in [-0.05, 0) is 73.7 Å². The third-order valence-corrected chi connectivity index (χ3v) is 8.95. The van der Waals surface area contributed by atoms with Crippen molar-refractivity contribution in [2.75, 3.05) is 36.8 Å². The number of carbonyl (C=O) groups is 2. The normalized spacial score (nSPS) is 17.9. The molecule has 4 rings (SSSR count). The van der Waals surface area contributed by atoms with Crippen molar-refractivity contribution in [1.29, 1.82) is 0 Å². The SMILES string of the molecule is C[C@H]1CN([C@@H](C)CO)C(=O)Cc2cc(NS(=O)(=O)c3ccc(F)cc3)ccc2O[C@H]1CN(C)C(=O)Nc1ccc(C(F)(F)F)cc1. The second-order valence-corrected chi connectivity index (χ2v) is 12.8. The maximum Gasteiger partial charge on any atom is 0.416 e. The monoisotopic (exact) mass is 666 g/mol. The van der Waals surface area contributed by atoms with Crippen LogP contribution in [0.2, 0.25) is 0 Å². The van der Waals surface area contributed by atoms with E-state index in [2.05, 4.69) is 10.0 Å². The summed E-state index contributed by atoms with van der Waals surface area (Å²) in [5.74, 6) is -1.04. The fourth-order valence-corrected chi connectivity index (χ4v) is 5.90. The van der Waals surface area contributed by atoms with E-state index in [0.717, 1.165) is 48.5 Å². The molecule has 1 aliphatic rings. The summed E-state index contributed by atoms with van der Waals surface area (Å²) in [6, 6.07) is 11.5. The Morgan fingerprint density at radius 3 is 2.33 bits per heavy atom. The number of fused-ring (bicyclic) bond motifs is 1. The number of amides is 3. The minimum absolute atomic E-state index is 0.00155. The van der Waals surface area contributed by atoms with Gasteiger partial charge in [-0.3, -0.25) is 9.52 Å². The summed E-state index contributed by atoms with van der Waals surface area (Å²) in [6.07, 6.45) is -5.41. The molecule has 3 atom stereocenters. The molecule has 15 heteroatoms. The van der Waals surface area contributed by atoms with Crippen molar-refractivity contribution >= 4 is 33.3 Å². The van der Waals surface area contributed by atoms with Gasteiger partial charge < -0.3 is 25.0 Å². The number of hydrogen-bond acceptors (Lipinski definition) is 6. The maximum atomic E-state index is 13.4. The number of aliphatic hydroxyl groups excluding tert-OH is 1. The van der Waals surface area contributed by atoms with Crippen molar-refractivity contribution in [2.24, 2.45) is 5.92 Å². The molecular weight excluding hydrogens is 632 g/mol. The van der Waals surface area contributed by atoms with E-state index in [1.807, 2.05) is 6.92 Å². The van der Waals surface area contributed by atoms with Crippen molar-refractivity contribution in [3.8, 4) is 5.75 Å². The van der Waals surface area contributed by atoms with Gasteiger partial charge in [0, 0.05) is 36.4 Å². The number of carbonyl (C=O) groups excluding carboxylic acids is 2. The van der Waals surface area contributed by atoms with Gasteiger partial charge in [-0.15, -0.1) is 0 Å². The maximum absolute atomic E-state index is 13.4. The lowest BCUT2D eigenvalue weighted by Gasteiger charge is -2.34. The van der Waals surface area contributed by atoms with Gasteiger partial charge >= 0.3 is 12.2 Å². The van der Waals surface area contributed by atoms with Crippen LogP contribution >= 0.6 is 0 Å². The van der Waals surface area contributed by atoms with Crippen LogP contribution in [0.15, 0.2) is 71.6 Å². The molecule has 0 unspecified atom stereocenters. The first-order chi connectivity index (χ1) is 21.6. The number of likely N-dealkylation sites (N-methyl/N-ethyl adjacent to an activating group) is 1. The molecule has 0 aromatic heterocycles. The van der Waals surface area contributed by atoms with Gasteiger partial charge in [-0.25, -0.2) is 17.6 Å². The highest BCUT2D eigenvalue weighted by Crippen LogP contribution is 2.31. The van der Waals surface area contributed by atoms with E-state index < -0.39 is 45.8 Å². The highest BCUT2D eigenvalue weighted by Gasteiger charge is 2.33. The number of nitrogens with zero attached hydrogens (tertiary/aromatic N) is 2. The average molecular weight is 667 g/mol. The minimum atomic E-state index is -4.52. The molecular formula is C31H34F4N4O6S. The van der Waals surface area contributed by atoms with Crippen molar-refractivity contribution in [3.63, 3.8) is 0 Å². The molecule has 248 valence electrons. The molecule has 3 aromatic carbocycles. The van der Waals surface area contributed by atoms with E-state index in [1.54, 1.807) is 6.92 Å². The Morgan fingerprint density at radius 2 is 1.72 bits per heavy atom. The highest BCUT2D eigenvalue weighted by molar-refractivity contribution is 7.92. The quantitative estimate of drug-likeness (QED) is 0.292. The van der Waals surface area contributed by atoms with Crippen molar-refractivity contribution < 1.29 is 45.4 Å². The number of sulfonamides is 1. The molecule has 10 nitrogen and oxygen atoms in total. The van der Waals surface area contributed by atoms with E-state index in [-0.39, 0.29) is 60.0 Å². The number of rotatable bonds is 8. The number of anilines is 2. The van der Waals surface area contributed by atoms with Crippen LogP contribution in [-0.4, -0.2) is 74.2 Å². The first-order valence-electron chi connectivity index (χ1n) is 14.2. The van der Waals surface area contributed by atoms with Gasteiger partial charge in [0.05, 0.1) is 36.1 Å². The molecule has 1 heterocycles. The molecule has 1 aliphatic heterocycles. The molecule has 3 aromatic rings. The molecule has 0 aliphatic carbocycles. The van der Waals surface area contributed by atoms with E-state index in [1.165, 1.54) is 35.0 Å². The van der Waals surface area contributed by atoms with Crippen LogP contribution in [0, 0.1) is 11.7 Å². The lowest BCUT2D eigenvalue weighted by Crippen LogP contribution is -2.48. The second-order valence-electron chi connectivity index (χ2n) is 11.2. The number of ether oxygens (including phenoxy) is 1. The molecule has 0 saturated heterocycles. The molecule has 0 bridgehead atoms. The van der Waals surface area contributed by atoms with Crippen LogP contribution in [0.5, 0.6) is 5.75 Å². The Labute approximate surface area is 264 Å². The van der Waals surface area contributed by atoms with Crippen molar-refractivity contribution in [1.82, 2.24) is 9.80 Å². The summed E-state index contributed by atoms with van der Waals surface area (Å²) in [7, 11) is -2.61. The number of aliphatic hydroxyl groups is 1. The van der Waals surface area contributed by atoms with Gasteiger partial charge in [0.25, 0.3) is 10.0 Å². The summed E-state index contributed by atoms with van der Waals surface area (Å²) in [4.78, 5) is 29.0. The minimum Gasteiger partial charge on any atom is -0.488 e. The molecule has 0 spiro atoms. The first-order valence-corrected chi connectivity index (χ1v) is 15.7. The zero-order chi connectivity index (χ0) is 33.8. The summed E-state index contributed by atoms with van der Waals surface area (Å²) >= 11 is 0. The lowest BCUT2D eigenvalue weighted by molar-refractivity contribution is -0.137. The van der Waals surface area contributed by atoms with Crippen molar-refractivity contribution in [3.05, 3.63) is 83.7 Å². The number of benzene rings is 3. The second kappa shape index (κ2) is 14.0. The summed E-state index contributed by atoms with van der Waals surface area (Å²) in [6.45, 7) is 3.34. The molecule has 3 N–H and O–H groups in total. The van der Waals surface area contributed by atoms with Crippen LogP contribution in [-0.2, 0) is 27.4 Å². The predicted molar refractivity (Wildman–Crippen MR) is 162 cm³/mol. The Hall–Kier alpha value is -4.37. The molecule has 3 amide bonds. The Kier molecular flexibility index (Phi) is 10.5. The fourth-order valence-electron chi connectivity index (χ4n) is 4.85. The van der Waals surface area contributed by atoms with Crippen LogP contribution in [0.1, 0.15) is 25.0 Å². The summed E-state index contributed by atoms with van der Waals surface area (Å²) in [5, 5.41) is 12.4. The van der Waals surface area contributed by atoms with Gasteiger partial charge in [0.2, 0.25) is 5.91 Å². The van der Waals surface area contributed by atoms with Crippen LogP contribution in [0.3, 0.4) is 0 Å². The number of nitrogens with one attached hydrogen (secondary N) is 2. The topological polar surface area (TPSA) is 128 Å². The lowest BCUT2D eigenvalue weighted by atomic mass is 10.0. The molecule has 0 radical (unpaired) electrons. The number of halogens is 4. The number of urea groups is 1. The zero-order valence-corrected chi connectivity index (χ0v) is 26.0. The standard InChI is InChI=1S/C31H34F4N4O6S/c1-19-16-39(20(2)18-40)29(41)15-21-14-25(37-46(43,44)26-11-6-23(32)7-12-26)10-13-27(21)45-28(19)17-38(3)30(42)36-24-8-4-22(5-9-24)31(33,34)35/h4-14,19-20,28,37,40H,15-18H2,1-3H3,(H,36,42)/t19-,20-,28-/m0/s1. The fraction of sp³-hybridized carbons (Fsp3) is 0.355. The van der Waals surface area contributed by atoms with Gasteiger partial charge in [0.1, 0.15) is 17.7 Å². The summed E-state index contributed by atoms with van der Waals surface area (Å²) in [5.41, 5.74) is -0.232. The summed E-state index contributed by atoms with van der Waals surface area (Å²) < 4.78 is 86.7. The molecule has 0 saturated carbocycles. The molecule has 0 fully saturated rings. The zero-order valence-electron chi connectivity index (χ0n) is 25.2. The van der Waals surface area contributed by atoms with Gasteiger partial charge in [-0.2, -0.15) is 13.2 Å². The Balaban J connectivity index is 1.58. The van der Waals surface area contributed by atoms with Crippen LogP contribution < -0.4 is 14.8 Å². The third kappa shape index (κ3) is 8.46. The third-order valence-electron chi connectivity index (χ3n) is 7.56. The highest BCUT2D eigenvalue weighted by atomic mass is 32.2. The number of alkyl halides is 3. The number of hydrogen-bond donors (Lipinski definition) is 3. The van der Waals surface area contributed by atoms with Gasteiger partial charge in [0.15, 0.2) is 0 Å². The van der Waals surface area contributed by atoms with Crippen molar-refractivity contribution in [2.45, 2.75) is 43.5 Å². The Bertz CT molecular complexity index is 1650. The first kappa shape index (κ1) is 34.5. The van der Waals surface area contributed by atoms with E-state index in [0.29, 0.717) is 5.56 Å². The van der Waals surface area contributed by atoms with E-state index in [4.69, 9.17) is 4.74 Å². The molecule has 46 heavy (non-hydrogen) atoms. The van der Waals surface area contributed by atoms with Crippen LogP contribution in [0.4, 0.5) is 33.7 Å². The predicted octanol–water partition coefficient (Wildman–Crippen LogP) is 4.96. The average Bonchev–Trinajstić information content (AvgIpc) is 3.04. The van der Waals surface area contributed by atoms with E-state index in [9.17, 15) is 40.7 Å². The Morgan fingerprint density at radius 1 is 1.09 bits per heavy atom. The van der Waals surface area contributed by atoms with Gasteiger partial charge in [-0.1, -0.05) is 6.92 Å². The van der Waals surface area contributed by atoms with E-state index >= 15 is 0 Å².